The molecule has 26 heavy (non-hydrogen) atoms. The van der Waals surface area contributed by atoms with E-state index in [1.165, 1.54) is 11.0 Å². The van der Waals surface area contributed by atoms with E-state index < -0.39 is 11.0 Å². The molecule has 0 aliphatic carbocycles. The van der Waals surface area contributed by atoms with Crippen molar-refractivity contribution in [1.29, 1.82) is 0 Å². The van der Waals surface area contributed by atoms with Crippen LogP contribution in [0, 0.1) is 10.1 Å². The van der Waals surface area contributed by atoms with Gasteiger partial charge >= 0.3 is 6.09 Å². The number of carbonyl (C=O) groups is 1. The Hall–Kier alpha value is -2.64. The highest BCUT2D eigenvalue weighted by atomic mass is 35.5. The van der Waals surface area contributed by atoms with Gasteiger partial charge in [-0.2, -0.15) is 0 Å². The Morgan fingerprint density at radius 1 is 1.15 bits per heavy atom. The lowest BCUT2D eigenvalue weighted by Gasteiger charge is -2.25. The topological polar surface area (TPSA) is 72.7 Å². The maximum absolute atomic E-state index is 11.9. The maximum atomic E-state index is 11.9. The predicted octanol–water partition coefficient (Wildman–Crippen LogP) is 4.17. The first-order valence-corrected chi connectivity index (χ1v) is 8.18. The molecule has 2 aromatic rings. The average molecular weight is 379 g/mol. The molecule has 0 aromatic heterocycles. The van der Waals surface area contributed by atoms with E-state index in [0.717, 1.165) is 0 Å². The van der Waals surface area contributed by atoms with Crippen molar-refractivity contribution >= 4 is 29.1 Å². The third-order valence-electron chi connectivity index (χ3n) is 3.72. The van der Waals surface area contributed by atoms with Crippen molar-refractivity contribution in [3.05, 3.63) is 51.5 Å². The third-order valence-corrected chi connectivity index (χ3v) is 4.03. The number of amides is 1. The second-order valence-corrected chi connectivity index (χ2v) is 7.26. The number of hydrogen-bond acceptors (Lipinski definition) is 4. The van der Waals surface area contributed by atoms with E-state index in [0.29, 0.717) is 26.3 Å². The van der Waals surface area contributed by atoms with Crippen LogP contribution in [0.25, 0.3) is 11.1 Å². The summed E-state index contributed by atoms with van der Waals surface area (Å²) < 4.78 is 5.76. The van der Waals surface area contributed by atoms with Gasteiger partial charge in [0.05, 0.1) is 31.6 Å². The van der Waals surface area contributed by atoms with Crippen LogP contribution < -0.4 is 9.22 Å². The zero-order chi connectivity index (χ0) is 19.6. The summed E-state index contributed by atoms with van der Waals surface area (Å²) in [5.74, 6) is 0.240. The normalized spacial score (nSPS) is 11.2. The molecule has 0 spiro atoms. The molecule has 2 aromatic carbocycles. The van der Waals surface area contributed by atoms with Gasteiger partial charge in [0.25, 0.3) is 5.69 Å². The Morgan fingerprint density at radius 2 is 1.77 bits per heavy atom. The molecule has 0 saturated carbocycles. The molecule has 0 unspecified atom stereocenters. The van der Waals surface area contributed by atoms with Gasteiger partial charge in [0.15, 0.2) is 5.69 Å². The molecule has 0 bridgehead atoms. The minimum atomic E-state index is -0.569. The van der Waals surface area contributed by atoms with Crippen LogP contribution >= 0.6 is 11.6 Å². The molecule has 0 saturated heterocycles. The van der Waals surface area contributed by atoms with Gasteiger partial charge in [-0.05, 0) is 6.07 Å². The van der Waals surface area contributed by atoms with E-state index >= 15 is 0 Å². The summed E-state index contributed by atoms with van der Waals surface area (Å²) in [5, 5.41) is 11.9. The summed E-state index contributed by atoms with van der Waals surface area (Å²) in [7, 11) is 8.86. The van der Waals surface area contributed by atoms with Gasteiger partial charge in [-0.15, -0.1) is 0 Å². The highest BCUT2D eigenvalue weighted by molar-refractivity contribution is 6.33. The van der Waals surface area contributed by atoms with Crippen LogP contribution in [0.15, 0.2) is 36.4 Å². The summed E-state index contributed by atoms with van der Waals surface area (Å²) >= 11 is 6.27. The Bertz CT molecular complexity index is 860. The minimum absolute atomic E-state index is 0.152. The van der Waals surface area contributed by atoms with Gasteiger partial charge < -0.3 is 9.64 Å². The Balaban J connectivity index is 2.71. The Morgan fingerprint density at radius 3 is 2.31 bits per heavy atom. The number of quaternary nitrogens is 1. The van der Waals surface area contributed by atoms with Crippen molar-refractivity contribution in [2.45, 2.75) is 0 Å². The SMILES string of the molecule is CN(C)C(=O)Oc1ccccc1-c1cc([N+](C)(C)C)c(Cl)cc1[N+](=O)[O-]. The predicted molar refractivity (Wildman–Crippen MR) is 103 cm³/mol. The van der Waals surface area contributed by atoms with Gasteiger partial charge in [0.1, 0.15) is 10.8 Å². The Labute approximate surface area is 157 Å². The van der Waals surface area contributed by atoms with Crippen molar-refractivity contribution < 1.29 is 14.5 Å². The van der Waals surface area contributed by atoms with Crippen LogP contribution in [0.4, 0.5) is 16.2 Å². The van der Waals surface area contributed by atoms with Crippen LogP contribution in [-0.4, -0.2) is 51.2 Å². The number of rotatable bonds is 4. The fraction of sp³-hybridized carbons (Fsp3) is 0.278. The lowest BCUT2D eigenvalue weighted by molar-refractivity contribution is -0.384. The number of benzene rings is 2. The van der Waals surface area contributed by atoms with Crippen molar-refractivity contribution in [2.75, 3.05) is 35.2 Å². The zero-order valence-corrected chi connectivity index (χ0v) is 16.1. The molecule has 0 aliphatic heterocycles. The van der Waals surface area contributed by atoms with Crippen LogP contribution in [0.2, 0.25) is 5.02 Å². The van der Waals surface area contributed by atoms with Gasteiger partial charge in [-0.3, -0.25) is 14.6 Å². The monoisotopic (exact) mass is 378 g/mol. The van der Waals surface area contributed by atoms with E-state index in [1.54, 1.807) is 44.4 Å². The molecule has 8 heteroatoms. The molecule has 0 radical (unpaired) electrons. The van der Waals surface area contributed by atoms with Crippen LogP contribution in [0.5, 0.6) is 5.75 Å². The highest BCUT2D eigenvalue weighted by Crippen LogP contribution is 2.42. The zero-order valence-electron chi connectivity index (χ0n) is 15.3. The second kappa shape index (κ2) is 7.31. The first kappa shape index (κ1) is 19.7. The molecule has 7 nitrogen and oxygen atoms in total. The smallest absolute Gasteiger partial charge is 0.410 e. The molecule has 1 amide bonds. The lowest BCUT2D eigenvalue weighted by Crippen LogP contribution is -2.35. The van der Waals surface area contributed by atoms with Crippen LogP contribution in [0.3, 0.4) is 0 Å². The number of nitro benzene ring substituents is 1. The molecular formula is C18H21ClN3O4+. The minimum Gasteiger partial charge on any atom is -0.410 e. The molecule has 0 atom stereocenters. The quantitative estimate of drug-likeness (QED) is 0.454. The average Bonchev–Trinajstić information content (AvgIpc) is 2.54. The van der Waals surface area contributed by atoms with E-state index in [9.17, 15) is 14.9 Å². The van der Waals surface area contributed by atoms with Gasteiger partial charge in [0.2, 0.25) is 0 Å². The van der Waals surface area contributed by atoms with Crippen LogP contribution in [-0.2, 0) is 0 Å². The van der Waals surface area contributed by atoms with E-state index in [2.05, 4.69) is 0 Å². The number of nitro groups is 1. The fourth-order valence-electron chi connectivity index (χ4n) is 2.40. The van der Waals surface area contributed by atoms with Crippen molar-refractivity contribution in [2.24, 2.45) is 0 Å². The van der Waals surface area contributed by atoms with Gasteiger partial charge in [-0.1, -0.05) is 29.8 Å². The molecule has 2 rings (SSSR count). The van der Waals surface area contributed by atoms with Crippen molar-refractivity contribution in [3.8, 4) is 16.9 Å². The number of carbonyl (C=O) groups excluding carboxylic acids is 1. The summed E-state index contributed by atoms with van der Waals surface area (Å²) in [5.41, 5.74) is 1.34. The summed E-state index contributed by atoms with van der Waals surface area (Å²) in [4.78, 5) is 24.3. The number of nitrogens with zero attached hydrogens (tertiary/aromatic N) is 3. The molecule has 0 heterocycles. The molecule has 0 fully saturated rings. The van der Waals surface area contributed by atoms with Gasteiger partial charge in [0, 0.05) is 31.8 Å². The highest BCUT2D eigenvalue weighted by Gasteiger charge is 2.27. The first-order valence-electron chi connectivity index (χ1n) is 7.81. The summed E-state index contributed by atoms with van der Waals surface area (Å²) in [6.45, 7) is 0. The number of hydrogen-bond donors (Lipinski definition) is 0. The summed E-state index contributed by atoms with van der Waals surface area (Å²) in [6, 6.07) is 9.70. The lowest BCUT2D eigenvalue weighted by atomic mass is 10.0. The fourth-order valence-corrected chi connectivity index (χ4v) is 2.81. The van der Waals surface area contributed by atoms with E-state index in [-0.39, 0.29) is 11.4 Å². The number of halogens is 1. The second-order valence-electron chi connectivity index (χ2n) is 6.85. The molecule has 0 N–H and O–H groups in total. The first-order chi connectivity index (χ1) is 12.0. The van der Waals surface area contributed by atoms with Gasteiger partial charge in [-0.25, -0.2) is 4.79 Å². The van der Waals surface area contributed by atoms with E-state index in [1.807, 2.05) is 21.1 Å². The molecule has 138 valence electrons. The largest absolute Gasteiger partial charge is 0.414 e. The molecule has 0 aliphatic rings. The maximum Gasteiger partial charge on any atom is 0.414 e. The van der Waals surface area contributed by atoms with Crippen molar-refractivity contribution in [3.63, 3.8) is 0 Å². The standard InChI is InChI=1S/C18H21ClN3O4/c1-20(2)18(23)26-17-9-7-6-8-12(17)13-10-16(22(3,4)5)14(19)11-15(13)21(24)25/h6-11H,1-5H3/q+1. The third kappa shape index (κ3) is 4.12. The van der Waals surface area contributed by atoms with Crippen LogP contribution in [0.1, 0.15) is 0 Å². The molecular weight excluding hydrogens is 358 g/mol. The Kier molecular flexibility index (Phi) is 5.53. The number of para-hydroxylation sites is 1. The summed E-state index contributed by atoms with van der Waals surface area (Å²) in [6.07, 6.45) is -0.569. The number of ether oxygens (including phenoxy) is 1. The van der Waals surface area contributed by atoms with Crippen molar-refractivity contribution in [1.82, 2.24) is 9.38 Å². The van der Waals surface area contributed by atoms with E-state index in [4.69, 9.17) is 16.3 Å².